The number of nitrogens with zero attached hydrogens (tertiary/aromatic N) is 5. The molecule has 29 heavy (non-hydrogen) atoms. The summed E-state index contributed by atoms with van der Waals surface area (Å²) < 4.78 is 5.51. The number of pyridine rings is 1. The average Bonchev–Trinajstić information content (AvgIpc) is 3.54. The van der Waals surface area contributed by atoms with Crippen LogP contribution in [-0.4, -0.2) is 44.0 Å². The molecule has 0 unspecified atom stereocenters. The Morgan fingerprint density at radius 1 is 1.14 bits per heavy atom. The van der Waals surface area contributed by atoms with Gasteiger partial charge in [0.2, 0.25) is 0 Å². The summed E-state index contributed by atoms with van der Waals surface area (Å²) in [4.78, 5) is 28.2. The fourth-order valence-electron chi connectivity index (χ4n) is 3.97. The van der Waals surface area contributed by atoms with Gasteiger partial charge in [0.25, 0.3) is 5.91 Å². The Hall–Kier alpha value is -3.09. The van der Waals surface area contributed by atoms with Crippen molar-refractivity contribution in [2.24, 2.45) is 0 Å². The summed E-state index contributed by atoms with van der Waals surface area (Å²) in [6.07, 6.45) is 9.27. The molecule has 0 aromatic carbocycles. The van der Waals surface area contributed by atoms with Gasteiger partial charge in [-0.2, -0.15) is 0 Å². The normalized spacial score (nSPS) is 17.5. The maximum atomic E-state index is 12.7. The molecular formula is C22H23N5O2. The van der Waals surface area contributed by atoms with Crippen molar-refractivity contribution in [3.8, 4) is 11.3 Å². The van der Waals surface area contributed by atoms with E-state index in [0.717, 1.165) is 48.5 Å². The van der Waals surface area contributed by atoms with Crippen LogP contribution in [0.4, 0.5) is 0 Å². The van der Waals surface area contributed by atoms with Crippen molar-refractivity contribution >= 4 is 5.91 Å². The van der Waals surface area contributed by atoms with E-state index in [1.54, 1.807) is 18.5 Å². The number of carbonyl (C=O) groups excluding carboxylic acids is 1. The molecule has 7 heteroatoms. The summed E-state index contributed by atoms with van der Waals surface area (Å²) >= 11 is 0. The smallest absolute Gasteiger partial charge is 0.255 e. The molecule has 3 aromatic heterocycles. The summed E-state index contributed by atoms with van der Waals surface area (Å²) in [5.74, 6) is 2.46. The zero-order valence-corrected chi connectivity index (χ0v) is 16.4. The number of aryl methyl sites for hydroxylation is 1. The summed E-state index contributed by atoms with van der Waals surface area (Å²) in [7, 11) is 0. The van der Waals surface area contributed by atoms with Gasteiger partial charge in [0.05, 0.1) is 22.5 Å². The first kappa shape index (κ1) is 18.0. The molecule has 1 saturated carbocycles. The van der Waals surface area contributed by atoms with Crippen LogP contribution in [0.5, 0.6) is 0 Å². The van der Waals surface area contributed by atoms with Crippen molar-refractivity contribution in [1.82, 2.24) is 25.0 Å². The van der Waals surface area contributed by atoms with Gasteiger partial charge in [0.15, 0.2) is 5.76 Å². The van der Waals surface area contributed by atoms with E-state index in [9.17, 15) is 4.79 Å². The first-order valence-corrected chi connectivity index (χ1v) is 10.2. The molecule has 0 bridgehead atoms. The van der Waals surface area contributed by atoms with Crippen LogP contribution in [0.1, 0.15) is 65.1 Å². The molecule has 1 amide bonds. The van der Waals surface area contributed by atoms with Crippen LogP contribution in [0.15, 0.2) is 41.3 Å². The SMILES string of the molecule is Cc1cc(-c2cnc(C3CC3)nc2C2CCN(C(=O)c3cccnc3)CC2)on1. The molecule has 7 nitrogen and oxygen atoms in total. The molecule has 0 N–H and O–H groups in total. The molecular weight excluding hydrogens is 366 g/mol. The Kier molecular flexibility index (Phi) is 4.58. The number of hydrogen-bond acceptors (Lipinski definition) is 6. The predicted molar refractivity (Wildman–Crippen MR) is 106 cm³/mol. The van der Waals surface area contributed by atoms with E-state index < -0.39 is 0 Å². The largest absolute Gasteiger partial charge is 0.356 e. The third-order valence-electron chi connectivity index (χ3n) is 5.75. The number of aromatic nitrogens is 4. The third kappa shape index (κ3) is 3.64. The second-order valence-corrected chi connectivity index (χ2v) is 7.94. The molecule has 5 rings (SSSR count). The van der Waals surface area contributed by atoms with Crippen LogP contribution in [0.25, 0.3) is 11.3 Å². The van der Waals surface area contributed by atoms with Crippen molar-refractivity contribution in [3.05, 3.63) is 59.6 Å². The number of amides is 1. The van der Waals surface area contributed by atoms with Crippen LogP contribution < -0.4 is 0 Å². The standard InChI is InChI=1S/C22H23N5O2/c1-14-11-19(29-26-14)18-13-24-21(16-4-5-16)25-20(18)15-6-9-27(10-7-15)22(28)17-3-2-8-23-12-17/h2-3,8,11-13,15-16H,4-7,9-10H2,1H3. The van der Waals surface area contributed by atoms with Crippen molar-refractivity contribution in [2.45, 2.75) is 44.4 Å². The summed E-state index contributed by atoms with van der Waals surface area (Å²) in [6, 6.07) is 5.55. The molecule has 148 valence electrons. The lowest BCUT2D eigenvalue weighted by Gasteiger charge is -2.32. The van der Waals surface area contributed by atoms with Gasteiger partial charge >= 0.3 is 0 Å². The minimum Gasteiger partial charge on any atom is -0.356 e. The van der Waals surface area contributed by atoms with Crippen molar-refractivity contribution in [3.63, 3.8) is 0 Å². The van der Waals surface area contributed by atoms with Crippen molar-refractivity contribution in [2.75, 3.05) is 13.1 Å². The van der Waals surface area contributed by atoms with E-state index >= 15 is 0 Å². The second-order valence-electron chi connectivity index (χ2n) is 7.94. The Morgan fingerprint density at radius 2 is 1.97 bits per heavy atom. The molecule has 4 heterocycles. The molecule has 3 aromatic rings. The predicted octanol–water partition coefficient (Wildman–Crippen LogP) is 3.73. The zero-order chi connectivity index (χ0) is 19.8. The van der Waals surface area contributed by atoms with Gasteiger partial charge in [-0.25, -0.2) is 9.97 Å². The molecule has 2 fully saturated rings. The van der Waals surface area contributed by atoms with E-state index in [4.69, 9.17) is 9.51 Å². The van der Waals surface area contributed by atoms with E-state index in [1.165, 1.54) is 0 Å². The van der Waals surface area contributed by atoms with Crippen LogP contribution in [0.3, 0.4) is 0 Å². The number of hydrogen-bond donors (Lipinski definition) is 0. The van der Waals surface area contributed by atoms with Gasteiger partial charge in [0, 0.05) is 49.6 Å². The Bertz CT molecular complexity index is 1020. The maximum absolute atomic E-state index is 12.7. The van der Waals surface area contributed by atoms with E-state index in [-0.39, 0.29) is 11.8 Å². The van der Waals surface area contributed by atoms with Crippen LogP contribution in [0, 0.1) is 6.92 Å². The number of piperidine rings is 1. The zero-order valence-electron chi connectivity index (χ0n) is 16.4. The molecule has 1 aliphatic carbocycles. The lowest BCUT2D eigenvalue weighted by atomic mass is 9.90. The van der Waals surface area contributed by atoms with Gasteiger partial charge in [0.1, 0.15) is 5.82 Å². The Balaban J connectivity index is 1.38. The van der Waals surface area contributed by atoms with Crippen LogP contribution in [-0.2, 0) is 0 Å². The highest BCUT2D eigenvalue weighted by Gasteiger charge is 2.31. The molecule has 0 spiro atoms. The molecule has 1 aliphatic heterocycles. The third-order valence-corrected chi connectivity index (χ3v) is 5.75. The quantitative estimate of drug-likeness (QED) is 0.676. The number of carbonyl (C=O) groups is 1. The summed E-state index contributed by atoms with van der Waals surface area (Å²) in [5, 5.41) is 4.03. The van der Waals surface area contributed by atoms with Crippen molar-refractivity contribution in [1.29, 1.82) is 0 Å². The lowest BCUT2D eigenvalue weighted by molar-refractivity contribution is 0.0711. The topological polar surface area (TPSA) is 85.0 Å². The summed E-state index contributed by atoms with van der Waals surface area (Å²) in [6.45, 7) is 3.32. The van der Waals surface area contributed by atoms with Gasteiger partial charge in [-0.15, -0.1) is 0 Å². The molecule has 1 saturated heterocycles. The van der Waals surface area contributed by atoms with Crippen LogP contribution >= 0.6 is 0 Å². The second kappa shape index (κ2) is 7.39. The monoisotopic (exact) mass is 389 g/mol. The molecule has 0 radical (unpaired) electrons. The fraction of sp³-hybridized carbons (Fsp3) is 0.409. The molecule has 0 atom stereocenters. The Labute approximate surface area is 169 Å². The number of likely N-dealkylation sites (tertiary alicyclic amines) is 1. The first-order valence-electron chi connectivity index (χ1n) is 10.2. The van der Waals surface area contributed by atoms with Gasteiger partial charge in [-0.1, -0.05) is 5.16 Å². The van der Waals surface area contributed by atoms with Crippen molar-refractivity contribution < 1.29 is 9.32 Å². The molecule has 2 aliphatic rings. The minimum atomic E-state index is 0.0454. The highest BCUT2D eigenvalue weighted by molar-refractivity contribution is 5.93. The van der Waals surface area contributed by atoms with E-state index in [2.05, 4.69) is 15.1 Å². The van der Waals surface area contributed by atoms with E-state index in [1.807, 2.05) is 30.2 Å². The number of rotatable bonds is 4. The minimum absolute atomic E-state index is 0.0454. The first-order chi connectivity index (χ1) is 14.2. The fourth-order valence-corrected chi connectivity index (χ4v) is 3.97. The maximum Gasteiger partial charge on any atom is 0.255 e. The average molecular weight is 389 g/mol. The van der Waals surface area contributed by atoms with Gasteiger partial charge in [-0.05, 0) is 44.7 Å². The van der Waals surface area contributed by atoms with Gasteiger partial charge < -0.3 is 9.42 Å². The van der Waals surface area contributed by atoms with Crippen LogP contribution in [0.2, 0.25) is 0 Å². The van der Waals surface area contributed by atoms with Gasteiger partial charge in [-0.3, -0.25) is 9.78 Å². The highest BCUT2D eigenvalue weighted by Crippen LogP contribution is 2.41. The Morgan fingerprint density at radius 3 is 2.62 bits per heavy atom. The lowest BCUT2D eigenvalue weighted by Crippen LogP contribution is -2.38. The van der Waals surface area contributed by atoms with E-state index in [0.29, 0.717) is 30.3 Å². The summed E-state index contributed by atoms with van der Waals surface area (Å²) in [5.41, 5.74) is 3.44. The highest BCUT2D eigenvalue weighted by atomic mass is 16.5.